The van der Waals surface area contributed by atoms with Crippen molar-refractivity contribution < 1.29 is 4.57 Å². The maximum atomic E-state index is 4.45. The highest BCUT2D eigenvalue weighted by Crippen LogP contribution is 2.12. The molecule has 0 N–H and O–H groups in total. The first-order chi connectivity index (χ1) is 6.65. The van der Waals surface area contributed by atoms with E-state index in [0.717, 1.165) is 12.2 Å². The van der Waals surface area contributed by atoms with Crippen molar-refractivity contribution in [3.8, 4) is 0 Å². The summed E-state index contributed by atoms with van der Waals surface area (Å²) in [5.74, 6) is 1.25. The van der Waals surface area contributed by atoms with E-state index in [1.807, 2.05) is 6.20 Å². The van der Waals surface area contributed by atoms with Gasteiger partial charge in [-0.25, -0.2) is 4.57 Å². The van der Waals surface area contributed by atoms with Crippen LogP contribution in [0, 0.1) is 13.8 Å². The van der Waals surface area contributed by atoms with Gasteiger partial charge in [0, 0.05) is 6.92 Å². The van der Waals surface area contributed by atoms with Crippen molar-refractivity contribution in [2.24, 2.45) is 7.05 Å². The fourth-order valence-corrected chi connectivity index (χ4v) is 1.91. The molecule has 0 aromatic carbocycles. The maximum absolute atomic E-state index is 4.45. The Morgan fingerprint density at radius 2 is 2.14 bits per heavy atom. The normalized spacial score (nSPS) is 11.1. The van der Waals surface area contributed by atoms with E-state index < -0.39 is 0 Å². The molecule has 2 rings (SSSR count). The van der Waals surface area contributed by atoms with Crippen molar-refractivity contribution >= 4 is 11.2 Å². The highest BCUT2D eigenvalue weighted by atomic mass is 15.2. The fourth-order valence-electron chi connectivity index (χ4n) is 1.91. The number of hydrogen-bond donors (Lipinski definition) is 0. The van der Waals surface area contributed by atoms with Gasteiger partial charge in [-0.1, -0.05) is 0 Å². The molecule has 0 spiro atoms. The van der Waals surface area contributed by atoms with Crippen LogP contribution in [-0.4, -0.2) is 9.55 Å². The molecule has 74 valence electrons. The average Bonchev–Trinajstić information content (AvgIpc) is 2.39. The summed E-state index contributed by atoms with van der Waals surface area (Å²) in [6.45, 7) is 7.36. The molecule has 0 radical (unpaired) electrons. The Labute approximate surface area is 84.0 Å². The van der Waals surface area contributed by atoms with Crippen LogP contribution in [0.1, 0.15) is 18.3 Å². The highest BCUT2D eigenvalue weighted by Gasteiger charge is 2.17. The van der Waals surface area contributed by atoms with Gasteiger partial charge in [0.05, 0.1) is 13.6 Å². The van der Waals surface area contributed by atoms with Crippen LogP contribution in [0.5, 0.6) is 0 Å². The van der Waals surface area contributed by atoms with Crippen LogP contribution < -0.4 is 4.57 Å². The van der Waals surface area contributed by atoms with Crippen LogP contribution in [-0.2, 0) is 13.6 Å². The summed E-state index contributed by atoms with van der Waals surface area (Å²) in [4.78, 5) is 4.45. The second-order valence-corrected chi connectivity index (χ2v) is 3.71. The summed E-state index contributed by atoms with van der Waals surface area (Å²) in [7, 11) is 2.06. The van der Waals surface area contributed by atoms with Gasteiger partial charge in [0.2, 0.25) is 5.82 Å². The van der Waals surface area contributed by atoms with Gasteiger partial charge in [-0.05, 0) is 25.5 Å². The minimum absolute atomic E-state index is 0.994. The minimum Gasteiger partial charge on any atom is -0.258 e. The molecule has 3 nitrogen and oxygen atoms in total. The van der Waals surface area contributed by atoms with E-state index in [9.17, 15) is 0 Å². The zero-order chi connectivity index (χ0) is 10.3. The number of rotatable bonds is 1. The summed E-state index contributed by atoms with van der Waals surface area (Å²) < 4.78 is 4.42. The average molecular weight is 190 g/mol. The molecule has 0 unspecified atom stereocenters. The molecule has 3 heteroatoms. The lowest BCUT2D eigenvalue weighted by Gasteiger charge is -1.95. The molecule has 0 saturated heterocycles. The van der Waals surface area contributed by atoms with Crippen molar-refractivity contribution in [3.63, 3.8) is 0 Å². The van der Waals surface area contributed by atoms with E-state index in [0.29, 0.717) is 0 Å². The van der Waals surface area contributed by atoms with Gasteiger partial charge in [-0.2, -0.15) is 0 Å². The van der Waals surface area contributed by atoms with Gasteiger partial charge in [-0.3, -0.25) is 4.57 Å². The van der Waals surface area contributed by atoms with Gasteiger partial charge in [0.15, 0.2) is 5.52 Å². The van der Waals surface area contributed by atoms with Gasteiger partial charge in [0.1, 0.15) is 6.20 Å². The Kier molecular flexibility index (Phi) is 2.02. The van der Waals surface area contributed by atoms with E-state index in [1.54, 1.807) is 0 Å². The molecule has 0 saturated carbocycles. The molecule has 14 heavy (non-hydrogen) atoms. The molecule has 2 heterocycles. The summed E-state index contributed by atoms with van der Waals surface area (Å²) in [5.41, 5.74) is 3.51. The number of aryl methyl sites for hydroxylation is 3. The second kappa shape index (κ2) is 3.08. The number of hydrogen-bond acceptors (Lipinski definition) is 1. The summed E-state index contributed by atoms with van der Waals surface area (Å²) in [6, 6.07) is 2.19. The van der Waals surface area contributed by atoms with Gasteiger partial charge in [0.25, 0.3) is 0 Å². The maximum Gasteiger partial charge on any atom is 0.301 e. The molecular formula is C11H16N3+. The Bertz CT molecular complexity index is 483. The third-order valence-electron chi connectivity index (χ3n) is 2.78. The van der Waals surface area contributed by atoms with Crippen molar-refractivity contribution in [1.82, 2.24) is 9.55 Å². The van der Waals surface area contributed by atoms with Crippen LogP contribution in [0.15, 0.2) is 12.3 Å². The van der Waals surface area contributed by atoms with E-state index >= 15 is 0 Å². The SMILES string of the molecule is CCn1c(C)[n+](C)c2ncc(C)cc21. The van der Waals surface area contributed by atoms with Crippen molar-refractivity contribution in [1.29, 1.82) is 0 Å². The Morgan fingerprint density at radius 3 is 2.79 bits per heavy atom. The van der Waals surface area contributed by atoms with E-state index in [-0.39, 0.29) is 0 Å². The summed E-state index contributed by atoms with van der Waals surface area (Å²) in [6.07, 6.45) is 1.92. The highest BCUT2D eigenvalue weighted by molar-refractivity contribution is 5.68. The van der Waals surface area contributed by atoms with Crippen LogP contribution in [0.4, 0.5) is 0 Å². The lowest BCUT2D eigenvalue weighted by atomic mass is 10.3. The predicted octanol–water partition coefficient (Wildman–Crippen LogP) is 1.50. The monoisotopic (exact) mass is 190 g/mol. The first kappa shape index (κ1) is 9.19. The quantitative estimate of drug-likeness (QED) is 0.624. The fraction of sp³-hybridized carbons (Fsp3) is 0.455. The number of imidazole rings is 1. The molecule has 0 aliphatic heterocycles. The Balaban J connectivity index is 2.89. The molecule has 0 aliphatic rings. The first-order valence-electron chi connectivity index (χ1n) is 4.96. The second-order valence-electron chi connectivity index (χ2n) is 3.71. The Hall–Kier alpha value is -1.38. The van der Waals surface area contributed by atoms with E-state index in [4.69, 9.17) is 0 Å². The molecular weight excluding hydrogens is 174 g/mol. The van der Waals surface area contributed by atoms with E-state index in [1.165, 1.54) is 16.9 Å². The van der Waals surface area contributed by atoms with Crippen molar-refractivity contribution in [2.45, 2.75) is 27.3 Å². The number of aromatic nitrogens is 3. The molecule has 0 bridgehead atoms. The van der Waals surface area contributed by atoms with Crippen LogP contribution in [0.3, 0.4) is 0 Å². The largest absolute Gasteiger partial charge is 0.301 e. The summed E-state index contributed by atoms with van der Waals surface area (Å²) >= 11 is 0. The van der Waals surface area contributed by atoms with Gasteiger partial charge in [-0.15, -0.1) is 4.98 Å². The molecule has 0 fully saturated rings. The van der Waals surface area contributed by atoms with Crippen LogP contribution in [0.25, 0.3) is 11.2 Å². The lowest BCUT2D eigenvalue weighted by Crippen LogP contribution is -2.31. The first-order valence-corrected chi connectivity index (χ1v) is 4.96. The van der Waals surface area contributed by atoms with Crippen molar-refractivity contribution in [3.05, 3.63) is 23.7 Å². The third kappa shape index (κ3) is 1.12. The lowest BCUT2D eigenvalue weighted by molar-refractivity contribution is -0.654. The standard InChI is InChI=1S/C11H16N3/c1-5-14-9(3)13(4)11-10(14)6-8(2)7-12-11/h6-7H,5H2,1-4H3/q+1. The Morgan fingerprint density at radius 1 is 1.43 bits per heavy atom. The van der Waals surface area contributed by atoms with Gasteiger partial charge >= 0.3 is 5.65 Å². The molecule has 0 amide bonds. The van der Waals surface area contributed by atoms with Gasteiger partial charge < -0.3 is 0 Å². The van der Waals surface area contributed by atoms with E-state index in [2.05, 4.69) is 48.0 Å². The molecule has 0 atom stereocenters. The number of fused-ring (bicyclic) bond motifs is 1. The van der Waals surface area contributed by atoms with Crippen molar-refractivity contribution in [2.75, 3.05) is 0 Å². The number of nitrogens with zero attached hydrogens (tertiary/aromatic N) is 3. The third-order valence-corrected chi connectivity index (χ3v) is 2.78. The van der Waals surface area contributed by atoms with Crippen LogP contribution >= 0.6 is 0 Å². The smallest absolute Gasteiger partial charge is 0.258 e. The predicted molar refractivity (Wildman–Crippen MR) is 56.1 cm³/mol. The van der Waals surface area contributed by atoms with Crippen LogP contribution in [0.2, 0.25) is 0 Å². The zero-order valence-corrected chi connectivity index (χ0v) is 9.20. The topological polar surface area (TPSA) is 21.7 Å². The zero-order valence-electron chi connectivity index (χ0n) is 9.20. The summed E-state index contributed by atoms with van der Waals surface area (Å²) in [5, 5.41) is 0. The molecule has 0 aliphatic carbocycles. The molecule has 2 aromatic rings. The number of pyridine rings is 1. The minimum atomic E-state index is 0.994. The molecule has 2 aromatic heterocycles.